The van der Waals surface area contributed by atoms with Crippen LogP contribution in [-0.4, -0.2) is 40.0 Å². The van der Waals surface area contributed by atoms with Crippen molar-refractivity contribution in [2.45, 2.75) is 31.3 Å². The molecular weight excluding hydrogens is 300 g/mol. The number of nitrogens with one attached hydrogen (secondary N) is 1. The highest BCUT2D eigenvalue weighted by Crippen LogP contribution is 2.33. The van der Waals surface area contributed by atoms with Crippen molar-refractivity contribution < 1.29 is 13.2 Å². The maximum absolute atomic E-state index is 12.3. The Labute approximate surface area is 125 Å². The lowest BCUT2D eigenvalue weighted by Gasteiger charge is -2.18. The lowest BCUT2D eigenvalue weighted by atomic mass is 10.2. The highest BCUT2D eigenvalue weighted by Gasteiger charge is 2.25. The van der Waals surface area contributed by atoms with Gasteiger partial charge in [-0.25, -0.2) is 12.7 Å². The van der Waals surface area contributed by atoms with E-state index in [-0.39, 0.29) is 10.9 Å². The summed E-state index contributed by atoms with van der Waals surface area (Å²) in [5.41, 5.74) is 0.717. The zero-order chi connectivity index (χ0) is 15.5. The van der Waals surface area contributed by atoms with Crippen molar-refractivity contribution in [3.8, 4) is 5.75 Å². The molecule has 114 valence electrons. The lowest BCUT2D eigenvalue weighted by Crippen LogP contribution is -2.25. The Morgan fingerprint density at radius 1 is 1.35 bits per heavy atom. The van der Waals surface area contributed by atoms with Crippen molar-refractivity contribution in [3.05, 3.63) is 22.7 Å². The SMILES string of the molecule is COc1c(CNC(C)C)cc(Cl)cc1S(=O)(=O)N(C)C. The molecule has 1 N–H and O–H groups in total. The molecule has 7 heteroatoms. The molecule has 1 aromatic carbocycles. The van der Waals surface area contributed by atoms with Crippen LogP contribution in [0.15, 0.2) is 17.0 Å². The topological polar surface area (TPSA) is 58.6 Å². The van der Waals surface area contributed by atoms with Crippen LogP contribution in [0.2, 0.25) is 5.02 Å². The first kappa shape index (κ1) is 17.2. The highest BCUT2D eigenvalue weighted by atomic mass is 35.5. The number of ether oxygens (including phenoxy) is 1. The zero-order valence-electron chi connectivity index (χ0n) is 12.4. The fourth-order valence-electron chi connectivity index (χ4n) is 1.69. The maximum Gasteiger partial charge on any atom is 0.246 e. The van der Waals surface area contributed by atoms with Crippen molar-refractivity contribution in [1.29, 1.82) is 0 Å². The minimum absolute atomic E-state index is 0.0815. The second-order valence-electron chi connectivity index (χ2n) is 4.92. The monoisotopic (exact) mass is 320 g/mol. The van der Waals surface area contributed by atoms with Crippen LogP contribution in [-0.2, 0) is 16.6 Å². The van der Waals surface area contributed by atoms with E-state index in [1.165, 1.54) is 27.3 Å². The van der Waals surface area contributed by atoms with Crippen molar-refractivity contribution in [2.75, 3.05) is 21.2 Å². The van der Waals surface area contributed by atoms with E-state index in [0.717, 1.165) is 4.31 Å². The molecule has 1 rings (SSSR count). The first-order valence-electron chi connectivity index (χ1n) is 6.22. The van der Waals surface area contributed by atoms with E-state index in [4.69, 9.17) is 16.3 Å². The molecule has 1 aromatic rings. The molecule has 0 saturated carbocycles. The van der Waals surface area contributed by atoms with Gasteiger partial charge >= 0.3 is 0 Å². The Bertz CT molecular complexity index is 571. The summed E-state index contributed by atoms with van der Waals surface area (Å²) in [7, 11) is 0.796. The van der Waals surface area contributed by atoms with Crippen molar-refractivity contribution in [2.24, 2.45) is 0 Å². The van der Waals surface area contributed by atoms with Gasteiger partial charge in [-0.2, -0.15) is 0 Å². The summed E-state index contributed by atoms with van der Waals surface area (Å²) in [5, 5.41) is 3.59. The van der Waals surface area contributed by atoms with Crippen LogP contribution < -0.4 is 10.1 Å². The number of rotatable bonds is 6. The summed E-state index contributed by atoms with van der Waals surface area (Å²) >= 11 is 6.04. The van der Waals surface area contributed by atoms with Gasteiger partial charge in [0.2, 0.25) is 10.0 Å². The average molecular weight is 321 g/mol. The van der Waals surface area contributed by atoms with E-state index in [2.05, 4.69) is 5.32 Å². The van der Waals surface area contributed by atoms with Crippen molar-refractivity contribution in [1.82, 2.24) is 9.62 Å². The maximum atomic E-state index is 12.3. The van der Waals surface area contributed by atoms with E-state index in [1.807, 2.05) is 13.8 Å². The number of methoxy groups -OCH3 is 1. The van der Waals surface area contributed by atoms with Crippen LogP contribution in [0.1, 0.15) is 19.4 Å². The van der Waals surface area contributed by atoms with Gasteiger partial charge in [0.1, 0.15) is 10.6 Å². The molecule has 20 heavy (non-hydrogen) atoms. The van der Waals surface area contributed by atoms with E-state index >= 15 is 0 Å². The van der Waals surface area contributed by atoms with Gasteiger partial charge in [-0.15, -0.1) is 0 Å². The Morgan fingerprint density at radius 3 is 2.40 bits per heavy atom. The van der Waals surface area contributed by atoms with E-state index in [0.29, 0.717) is 22.9 Å². The van der Waals surface area contributed by atoms with Gasteiger partial charge in [-0.1, -0.05) is 25.4 Å². The minimum Gasteiger partial charge on any atom is -0.495 e. The van der Waals surface area contributed by atoms with Gasteiger partial charge in [-0.3, -0.25) is 0 Å². The molecule has 0 radical (unpaired) electrons. The quantitative estimate of drug-likeness (QED) is 0.872. The van der Waals surface area contributed by atoms with Gasteiger partial charge < -0.3 is 10.1 Å². The Kier molecular flexibility index (Phi) is 5.82. The summed E-state index contributed by atoms with van der Waals surface area (Å²) in [6, 6.07) is 3.39. The molecular formula is C13H21ClN2O3S. The van der Waals surface area contributed by atoms with Crippen LogP contribution in [0.5, 0.6) is 5.75 Å². The van der Waals surface area contributed by atoms with Crippen LogP contribution in [0.25, 0.3) is 0 Å². The number of sulfonamides is 1. The molecule has 0 spiro atoms. The number of halogens is 1. The van der Waals surface area contributed by atoms with Gasteiger partial charge in [0.05, 0.1) is 7.11 Å². The molecule has 0 unspecified atom stereocenters. The van der Waals surface area contributed by atoms with Gasteiger partial charge in [0.15, 0.2) is 0 Å². The Balaban J connectivity index is 3.39. The van der Waals surface area contributed by atoms with Gasteiger partial charge in [-0.05, 0) is 12.1 Å². The van der Waals surface area contributed by atoms with Crippen LogP contribution >= 0.6 is 11.6 Å². The standard InChI is InChI=1S/C13H21ClN2O3S/c1-9(2)15-8-10-6-11(14)7-12(13(10)19-5)20(17,18)16(3)4/h6-7,9,15H,8H2,1-5H3. The third-order valence-corrected chi connectivity index (χ3v) is 4.80. The molecule has 0 heterocycles. The normalized spacial score (nSPS) is 12.2. The molecule has 0 bridgehead atoms. The molecule has 0 amide bonds. The molecule has 0 fully saturated rings. The first-order valence-corrected chi connectivity index (χ1v) is 8.04. The molecule has 0 atom stereocenters. The second kappa shape index (κ2) is 6.76. The lowest BCUT2D eigenvalue weighted by molar-refractivity contribution is 0.392. The third-order valence-electron chi connectivity index (χ3n) is 2.76. The second-order valence-corrected chi connectivity index (χ2v) is 7.48. The van der Waals surface area contributed by atoms with E-state index in [1.54, 1.807) is 6.07 Å². The Hall–Kier alpha value is -0.820. The summed E-state index contributed by atoms with van der Waals surface area (Å²) < 4.78 is 31.1. The number of benzene rings is 1. The van der Waals surface area contributed by atoms with E-state index < -0.39 is 10.0 Å². The molecule has 5 nitrogen and oxygen atoms in total. The minimum atomic E-state index is -3.61. The number of nitrogens with zero attached hydrogens (tertiary/aromatic N) is 1. The summed E-state index contributed by atoms with van der Waals surface area (Å²) in [4.78, 5) is 0.0815. The third kappa shape index (κ3) is 3.85. The van der Waals surface area contributed by atoms with Crippen molar-refractivity contribution in [3.63, 3.8) is 0 Å². The molecule has 0 aliphatic carbocycles. The smallest absolute Gasteiger partial charge is 0.246 e. The zero-order valence-corrected chi connectivity index (χ0v) is 14.0. The summed E-state index contributed by atoms with van der Waals surface area (Å²) in [5.74, 6) is 0.330. The van der Waals surface area contributed by atoms with Crippen LogP contribution in [0, 0.1) is 0 Å². The van der Waals surface area contributed by atoms with E-state index in [9.17, 15) is 8.42 Å². The number of hydrogen-bond acceptors (Lipinski definition) is 4. The average Bonchev–Trinajstić information content (AvgIpc) is 2.35. The van der Waals surface area contributed by atoms with Crippen LogP contribution in [0.3, 0.4) is 0 Å². The summed E-state index contributed by atoms with van der Waals surface area (Å²) in [6.07, 6.45) is 0. The highest BCUT2D eigenvalue weighted by molar-refractivity contribution is 7.89. The fourth-order valence-corrected chi connectivity index (χ4v) is 3.11. The predicted octanol–water partition coefficient (Wildman–Crippen LogP) is 2.10. The largest absolute Gasteiger partial charge is 0.495 e. The Morgan fingerprint density at radius 2 is 1.95 bits per heavy atom. The molecule has 0 saturated heterocycles. The summed E-state index contributed by atoms with van der Waals surface area (Å²) in [6.45, 7) is 4.50. The molecule has 0 aliphatic rings. The predicted molar refractivity (Wildman–Crippen MR) is 80.9 cm³/mol. The first-order chi connectivity index (χ1) is 9.20. The molecule has 0 aromatic heterocycles. The van der Waals surface area contributed by atoms with Gasteiger partial charge in [0, 0.05) is 37.3 Å². The van der Waals surface area contributed by atoms with Gasteiger partial charge in [0.25, 0.3) is 0 Å². The molecule has 0 aliphatic heterocycles. The van der Waals surface area contributed by atoms with Crippen LogP contribution in [0.4, 0.5) is 0 Å². The fraction of sp³-hybridized carbons (Fsp3) is 0.538. The van der Waals surface area contributed by atoms with Crippen molar-refractivity contribution >= 4 is 21.6 Å². The number of hydrogen-bond donors (Lipinski definition) is 1.